The van der Waals surface area contributed by atoms with Crippen molar-refractivity contribution in [1.29, 1.82) is 0 Å². The summed E-state index contributed by atoms with van der Waals surface area (Å²) in [5, 5.41) is 2.34. The number of fused-ring (bicyclic) bond motifs is 2. The summed E-state index contributed by atoms with van der Waals surface area (Å²) in [7, 11) is 4.15. The molecule has 2 unspecified atom stereocenters. The fourth-order valence-corrected chi connectivity index (χ4v) is 5.31. The van der Waals surface area contributed by atoms with Crippen molar-refractivity contribution in [1.82, 2.24) is 24.5 Å². The first-order chi connectivity index (χ1) is 18.7. The monoisotopic (exact) mass is 597 g/mol. The van der Waals surface area contributed by atoms with Crippen molar-refractivity contribution in [3.63, 3.8) is 0 Å². The molecule has 8 nitrogen and oxygen atoms in total. The fourth-order valence-electron chi connectivity index (χ4n) is 4.96. The van der Waals surface area contributed by atoms with Crippen LogP contribution < -0.4 is 5.32 Å². The van der Waals surface area contributed by atoms with Gasteiger partial charge in [0, 0.05) is 35.4 Å². The molecule has 0 bridgehead atoms. The van der Waals surface area contributed by atoms with Gasteiger partial charge in [-0.15, -0.1) is 0 Å². The third-order valence-corrected chi connectivity index (χ3v) is 7.44. The molecule has 210 valence electrons. The van der Waals surface area contributed by atoms with Crippen molar-refractivity contribution in [3.8, 4) is 0 Å². The third-order valence-electron chi connectivity index (χ3n) is 6.97. The summed E-state index contributed by atoms with van der Waals surface area (Å²) in [6, 6.07) is 9.50. The number of imide groups is 1. The van der Waals surface area contributed by atoms with Gasteiger partial charge in [-0.1, -0.05) is 32.9 Å². The second-order valence-electron chi connectivity index (χ2n) is 10.0. The van der Waals surface area contributed by atoms with Gasteiger partial charge in [0.15, 0.2) is 0 Å². The fraction of sp³-hybridized carbons (Fsp3) is 0.467. The Morgan fingerprint density at radius 3 is 2.54 bits per heavy atom. The van der Waals surface area contributed by atoms with Crippen LogP contribution in [0.1, 0.15) is 79.6 Å². The Hall–Kier alpha value is -3.04. The van der Waals surface area contributed by atoms with E-state index in [1.165, 1.54) is 5.56 Å². The highest BCUT2D eigenvalue weighted by molar-refractivity contribution is 9.10. The molecule has 2 aromatic heterocycles. The summed E-state index contributed by atoms with van der Waals surface area (Å²) in [5.74, 6) is -0.269. The lowest BCUT2D eigenvalue weighted by Gasteiger charge is -2.29. The highest BCUT2D eigenvalue weighted by atomic mass is 79.9. The van der Waals surface area contributed by atoms with Crippen LogP contribution in [-0.2, 0) is 16.1 Å². The first kappa shape index (κ1) is 30.5. The first-order valence-electron chi connectivity index (χ1n) is 13.7. The maximum atomic E-state index is 12.7. The lowest BCUT2D eigenvalue weighted by atomic mass is 9.91. The average molecular weight is 599 g/mol. The summed E-state index contributed by atoms with van der Waals surface area (Å²) >= 11 is 3.39. The van der Waals surface area contributed by atoms with E-state index in [9.17, 15) is 14.4 Å². The number of nitrogens with one attached hydrogen (secondary N) is 1. The second-order valence-corrected chi connectivity index (χ2v) is 10.9. The predicted octanol–water partition coefficient (Wildman–Crippen LogP) is 5.32. The number of hydrogen-bond donors (Lipinski definition) is 1. The van der Waals surface area contributed by atoms with Crippen LogP contribution in [0.5, 0.6) is 0 Å². The van der Waals surface area contributed by atoms with Crippen LogP contribution in [-0.4, -0.2) is 63.6 Å². The number of pyridine rings is 1. The molecule has 2 atom stereocenters. The van der Waals surface area contributed by atoms with Crippen LogP contribution in [0.4, 0.5) is 0 Å². The first-order valence-corrected chi connectivity index (χ1v) is 14.5. The van der Waals surface area contributed by atoms with Crippen molar-refractivity contribution in [2.24, 2.45) is 0 Å². The van der Waals surface area contributed by atoms with E-state index in [0.717, 1.165) is 40.8 Å². The SMILES string of the molecule is CC.CCC(CCN(C)C)c1ccc2c(c1)CN(C1CCC(=O)NC1=O)C2=O.Cc1cn2cc(Br)ccc2n1. The van der Waals surface area contributed by atoms with E-state index in [4.69, 9.17) is 0 Å². The molecule has 1 N–H and O–H groups in total. The number of piperidine rings is 1. The van der Waals surface area contributed by atoms with Crippen molar-refractivity contribution in [2.45, 2.75) is 71.9 Å². The molecule has 2 aliphatic heterocycles. The summed E-state index contributed by atoms with van der Waals surface area (Å²) in [5.41, 5.74) is 4.96. The van der Waals surface area contributed by atoms with Gasteiger partial charge in [0.1, 0.15) is 11.7 Å². The molecule has 3 amide bonds. The molecule has 1 saturated heterocycles. The minimum atomic E-state index is -0.549. The van der Waals surface area contributed by atoms with E-state index in [1.807, 2.05) is 55.8 Å². The number of benzene rings is 1. The average Bonchev–Trinajstić information content (AvgIpc) is 3.43. The van der Waals surface area contributed by atoms with Crippen molar-refractivity contribution in [2.75, 3.05) is 20.6 Å². The van der Waals surface area contributed by atoms with E-state index in [-0.39, 0.29) is 24.1 Å². The van der Waals surface area contributed by atoms with Crippen molar-refractivity contribution >= 4 is 39.3 Å². The highest BCUT2D eigenvalue weighted by Gasteiger charge is 2.39. The van der Waals surface area contributed by atoms with E-state index >= 15 is 0 Å². The smallest absolute Gasteiger partial charge is 0.255 e. The summed E-state index contributed by atoms with van der Waals surface area (Å²) < 4.78 is 3.07. The van der Waals surface area contributed by atoms with Gasteiger partial charge in [-0.3, -0.25) is 19.7 Å². The Morgan fingerprint density at radius 2 is 1.87 bits per heavy atom. The Bertz CT molecular complexity index is 1320. The number of carbonyl (C=O) groups is 3. The maximum absolute atomic E-state index is 12.7. The Morgan fingerprint density at radius 1 is 1.13 bits per heavy atom. The number of amides is 3. The molecular weight excluding hydrogens is 558 g/mol. The molecule has 0 aliphatic carbocycles. The number of carbonyl (C=O) groups excluding carboxylic acids is 3. The van der Waals surface area contributed by atoms with Gasteiger partial charge in [0.05, 0.1) is 5.69 Å². The number of imidazole rings is 1. The largest absolute Gasteiger partial charge is 0.322 e. The summed E-state index contributed by atoms with van der Waals surface area (Å²) in [4.78, 5) is 44.3. The molecule has 4 heterocycles. The minimum absolute atomic E-state index is 0.109. The van der Waals surface area contributed by atoms with Gasteiger partial charge in [0.2, 0.25) is 11.8 Å². The molecule has 2 aliphatic rings. The maximum Gasteiger partial charge on any atom is 0.255 e. The quantitative estimate of drug-likeness (QED) is 0.388. The molecule has 0 spiro atoms. The van der Waals surface area contributed by atoms with E-state index in [0.29, 0.717) is 24.4 Å². The Labute approximate surface area is 239 Å². The summed E-state index contributed by atoms with van der Waals surface area (Å²) in [6.07, 6.45) is 6.81. The van der Waals surface area contributed by atoms with Crippen molar-refractivity contribution < 1.29 is 14.4 Å². The Balaban J connectivity index is 0.000000267. The molecule has 1 aromatic carbocycles. The van der Waals surface area contributed by atoms with Crippen LogP contribution in [0.2, 0.25) is 0 Å². The molecule has 9 heteroatoms. The molecule has 0 radical (unpaired) electrons. The lowest BCUT2D eigenvalue weighted by molar-refractivity contribution is -0.136. The molecule has 1 fully saturated rings. The van der Waals surface area contributed by atoms with Crippen LogP contribution in [0, 0.1) is 6.92 Å². The van der Waals surface area contributed by atoms with Gasteiger partial charge >= 0.3 is 0 Å². The number of halogens is 1. The van der Waals surface area contributed by atoms with Gasteiger partial charge in [0.25, 0.3) is 5.91 Å². The zero-order valence-corrected chi connectivity index (χ0v) is 25.4. The molecule has 3 aromatic rings. The molecule has 5 rings (SSSR count). The number of aromatic nitrogens is 2. The van der Waals surface area contributed by atoms with Crippen LogP contribution in [0.3, 0.4) is 0 Å². The van der Waals surface area contributed by atoms with Gasteiger partial charge in [-0.25, -0.2) is 4.98 Å². The highest BCUT2D eigenvalue weighted by Crippen LogP contribution is 2.32. The van der Waals surface area contributed by atoms with Gasteiger partial charge in [-0.05, 0) is 98.0 Å². The lowest BCUT2D eigenvalue weighted by Crippen LogP contribution is -2.52. The van der Waals surface area contributed by atoms with E-state index in [2.05, 4.69) is 64.3 Å². The topological polar surface area (TPSA) is 87.0 Å². The Kier molecular flexibility index (Phi) is 10.8. The third kappa shape index (κ3) is 7.54. The van der Waals surface area contributed by atoms with E-state index < -0.39 is 6.04 Å². The summed E-state index contributed by atoms with van der Waals surface area (Å²) in [6.45, 7) is 9.64. The van der Waals surface area contributed by atoms with Gasteiger partial charge in [-0.2, -0.15) is 0 Å². The van der Waals surface area contributed by atoms with Crippen LogP contribution >= 0.6 is 15.9 Å². The van der Waals surface area contributed by atoms with Gasteiger partial charge < -0.3 is 14.2 Å². The number of nitrogens with zero attached hydrogens (tertiary/aromatic N) is 4. The molecular formula is C30H40BrN5O3. The zero-order valence-electron chi connectivity index (χ0n) is 23.8. The normalized spacial score (nSPS) is 17.3. The zero-order chi connectivity index (χ0) is 28.7. The standard InChI is InChI=1S/C20H27N3O3.C8H7BrN2.C2H6/c1-4-13(9-10-22(2)3)14-5-6-16-15(11-14)12-23(20(16)26)17-7-8-18(24)21-19(17)25;1-6-4-11-5-7(9)2-3-8(11)10-6;1-2/h5-6,11,13,17H,4,7-10,12H2,1-3H3,(H,21,24,25);2-5H,1H3;1-2H3. The molecule has 0 saturated carbocycles. The number of rotatable bonds is 6. The van der Waals surface area contributed by atoms with Crippen LogP contribution in [0.15, 0.2) is 47.2 Å². The predicted molar refractivity (Wildman–Crippen MR) is 158 cm³/mol. The number of aryl methyl sites for hydroxylation is 1. The second kappa shape index (κ2) is 13.8. The minimum Gasteiger partial charge on any atom is -0.322 e. The molecule has 39 heavy (non-hydrogen) atoms. The van der Waals surface area contributed by atoms with Crippen molar-refractivity contribution in [3.05, 3.63) is 69.6 Å². The van der Waals surface area contributed by atoms with Crippen LogP contribution in [0.25, 0.3) is 5.65 Å². The number of hydrogen-bond acceptors (Lipinski definition) is 5. The van der Waals surface area contributed by atoms with E-state index in [1.54, 1.807) is 4.90 Å².